The molecule has 0 aliphatic rings. The van der Waals surface area contributed by atoms with Crippen molar-refractivity contribution in [3.8, 4) is 21.7 Å². The Morgan fingerprint density at radius 1 is 0.931 bits per heavy atom. The van der Waals surface area contributed by atoms with E-state index in [4.69, 9.17) is 16.6 Å². The number of nitrogens with one attached hydrogen (secondary N) is 1. The number of rotatable bonds is 5. The van der Waals surface area contributed by atoms with Crippen LogP contribution in [-0.2, 0) is 6.42 Å². The summed E-state index contributed by atoms with van der Waals surface area (Å²) < 4.78 is 0. The highest BCUT2D eigenvalue weighted by Crippen LogP contribution is 2.39. The largest absolute Gasteiger partial charge is 0.298 e. The minimum absolute atomic E-state index is 0.171. The molecule has 3 nitrogen and oxygen atoms in total. The van der Waals surface area contributed by atoms with Crippen molar-refractivity contribution in [3.63, 3.8) is 0 Å². The van der Waals surface area contributed by atoms with Crippen LogP contribution < -0.4 is 5.32 Å². The third-order valence-electron chi connectivity index (χ3n) is 4.63. The topological polar surface area (TPSA) is 42.0 Å². The monoisotopic (exact) mass is 418 g/mol. The Labute approximate surface area is 179 Å². The van der Waals surface area contributed by atoms with Crippen molar-refractivity contribution < 1.29 is 4.79 Å². The zero-order chi connectivity index (χ0) is 20.2. The fourth-order valence-electron chi connectivity index (χ4n) is 3.02. The molecule has 0 unspecified atom stereocenters. The minimum Gasteiger partial charge on any atom is -0.298 e. The molecular weight excluding hydrogens is 400 g/mol. The van der Waals surface area contributed by atoms with Gasteiger partial charge in [-0.2, -0.15) is 0 Å². The lowest BCUT2D eigenvalue weighted by Crippen LogP contribution is -2.11. The normalized spacial score (nSPS) is 10.7. The first-order valence-electron chi connectivity index (χ1n) is 9.36. The Bertz CT molecular complexity index is 1120. The van der Waals surface area contributed by atoms with E-state index in [1.807, 2.05) is 42.5 Å². The number of hydrogen-bond acceptors (Lipinski definition) is 3. The van der Waals surface area contributed by atoms with Gasteiger partial charge in [-0.25, -0.2) is 4.98 Å². The van der Waals surface area contributed by atoms with Gasteiger partial charge in [-0.1, -0.05) is 84.5 Å². The summed E-state index contributed by atoms with van der Waals surface area (Å²) in [5, 5.41) is 4.18. The molecule has 144 valence electrons. The highest BCUT2D eigenvalue weighted by Gasteiger charge is 2.17. The number of halogens is 1. The highest BCUT2D eigenvalue weighted by atomic mass is 35.5. The minimum atomic E-state index is -0.171. The van der Waals surface area contributed by atoms with Crippen molar-refractivity contribution >= 4 is 34.0 Å². The number of carbonyl (C=O) groups is 1. The predicted octanol–water partition coefficient (Wildman–Crippen LogP) is 6.95. The van der Waals surface area contributed by atoms with Gasteiger partial charge in [0, 0.05) is 16.1 Å². The van der Waals surface area contributed by atoms with Crippen LogP contribution in [0.5, 0.6) is 0 Å². The van der Waals surface area contributed by atoms with Gasteiger partial charge in [0.15, 0.2) is 5.13 Å². The van der Waals surface area contributed by atoms with Gasteiger partial charge < -0.3 is 0 Å². The molecule has 0 saturated carbocycles. The van der Waals surface area contributed by atoms with Crippen LogP contribution in [0.1, 0.15) is 22.8 Å². The highest BCUT2D eigenvalue weighted by molar-refractivity contribution is 7.19. The zero-order valence-electron chi connectivity index (χ0n) is 15.9. The quantitative estimate of drug-likeness (QED) is 0.381. The summed E-state index contributed by atoms with van der Waals surface area (Å²) in [5.74, 6) is -0.171. The predicted molar refractivity (Wildman–Crippen MR) is 122 cm³/mol. The maximum atomic E-state index is 12.6. The summed E-state index contributed by atoms with van der Waals surface area (Å²) in [7, 11) is 0. The number of anilines is 1. The molecule has 0 aliphatic carbocycles. The first-order chi connectivity index (χ1) is 14.1. The standard InChI is InChI=1S/C24H19ClN2OS/c1-2-16-8-10-18(11-9-16)22-21(17-12-14-20(25)15-13-17)26-24(29-22)27-23(28)19-6-4-3-5-7-19/h3-15H,2H2,1H3,(H,26,27,28). The number of aromatic nitrogens is 1. The number of amides is 1. The van der Waals surface area contributed by atoms with E-state index in [1.54, 1.807) is 12.1 Å². The fraction of sp³-hybridized carbons (Fsp3) is 0.0833. The van der Waals surface area contributed by atoms with Gasteiger partial charge >= 0.3 is 0 Å². The van der Waals surface area contributed by atoms with Crippen molar-refractivity contribution in [2.75, 3.05) is 5.32 Å². The molecule has 0 atom stereocenters. The van der Waals surface area contributed by atoms with Gasteiger partial charge in [-0.15, -0.1) is 0 Å². The average molecular weight is 419 g/mol. The molecule has 29 heavy (non-hydrogen) atoms. The number of hydrogen-bond donors (Lipinski definition) is 1. The number of benzene rings is 3. The fourth-order valence-corrected chi connectivity index (χ4v) is 4.14. The third kappa shape index (κ3) is 4.39. The van der Waals surface area contributed by atoms with E-state index in [0.29, 0.717) is 15.7 Å². The molecule has 1 amide bonds. The third-order valence-corrected chi connectivity index (χ3v) is 5.90. The molecule has 0 bridgehead atoms. The van der Waals surface area contributed by atoms with Gasteiger partial charge in [0.25, 0.3) is 5.91 Å². The van der Waals surface area contributed by atoms with Gasteiger partial charge in [0.05, 0.1) is 10.6 Å². The molecule has 0 spiro atoms. The van der Waals surface area contributed by atoms with Crippen LogP contribution in [0.3, 0.4) is 0 Å². The molecular formula is C24H19ClN2OS. The second-order valence-corrected chi connectivity index (χ2v) is 8.01. The molecule has 3 aromatic carbocycles. The van der Waals surface area contributed by atoms with Crippen LogP contribution in [-0.4, -0.2) is 10.9 Å². The molecule has 0 fully saturated rings. The van der Waals surface area contributed by atoms with Crippen LogP contribution in [0.25, 0.3) is 21.7 Å². The summed E-state index contributed by atoms with van der Waals surface area (Å²) in [6.45, 7) is 2.14. The van der Waals surface area contributed by atoms with Crippen molar-refractivity contribution in [2.24, 2.45) is 0 Å². The van der Waals surface area contributed by atoms with Gasteiger partial charge in [-0.05, 0) is 41.8 Å². The van der Waals surface area contributed by atoms with Crippen LogP contribution in [0.4, 0.5) is 5.13 Å². The summed E-state index contributed by atoms with van der Waals surface area (Å²) >= 11 is 7.53. The lowest BCUT2D eigenvalue weighted by Gasteiger charge is -2.04. The molecule has 5 heteroatoms. The maximum absolute atomic E-state index is 12.6. The second kappa shape index (κ2) is 8.60. The molecule has 4 aromatic rings. The summed E-state index contributed by atoms with van der Waals surface area (Å²) in [6, 6.07) is 25.2. The van der Waals surface area contributed by atoms with E-state index in [2.05, 4.69) is 36.5 Å². The van der Waals surface area contributed by atoms with Crippen molar-refractivity contribution in [1.82, 2.24) is 4.98 Å². The lowest BCUT2D eigenvalue weighted by molar-refractivity contribution is 0.102. The first kappa shape index (κ1) is 19.4. The molecule has 0 aliphatic heterocycles. The summed E-state index contributed by atoms with van der Waals surface area (Å²) in [6.07, 6.45) is 0.991. The average Bonchev–Trinajstić information content (AvgIpc) is 3.18. The molecule has 1 heterocycles. The van der Waals surface area contributed by atoms with Crippen molar-refractivity contribution in [2.45, 2.75) is 13.3 Å². The number of nitrogens with zero attached hydrogens (tertiary/aromatic N) is 1. The Hall–Kier alpha value is -2.95. The lowest BCUT2D eigenvalue weighted by atomic mass is 10.0. The SMILES string of the molecule is CCc1ccc(-c2sc(NC(=O)c3ccccc3)nc2-c2ccc(Cl)cc2)cc1. The van der Waals surface area contributed by atoms with Gasteiger partial charge in [0.2, 0.25) is 0 Å². The number of carbonyl (C=O) groups excluding carboxylic acids is 1. The molecule has 0 radical (unpaired) electrons. The van der Waals surface area contributed by atoms with Crippen LogP contribution in [0, 0.1) is 0 Å². The van der Waals surface area contributed by atoms with E-state index in [0.717, 1.165) is 28.1 Å². The van der Waals surface area contributed by atoms with Crippen LogP contribution in [0.2, 0.25) is 5.02 Å². The molecule has 4 rings (SSSR count). The first-order valence-corrected chi connectivity index (χ1v) is 10.6. The van der Waals surface area contributed by atoms with Gasteiger partial charge in [-0.3, -0.25) is 10.1 Å². The zero-order valence-corrected chi connectivity index (χ0v) is 17.4. The summed E-state index contributed by atoms with van der Waals surface area (Å²) in [4.78, 5) is 18.3. The smallest absolute Gasteiger partial charge is 0.257 e. The number of thiazole rings is 1. The summed E-state index contributed by atoms with van der Waals surface area (Å²) in [5.41, 5.74) is 4.75. The van der Waals surface area contributed by atoms with E-state index < -0.39 is 0 Å². The van der Waals surface area contributed by atoms with E-state index in [1.165, 1.54) is 16.9 Å². The van der Waals surface area contributed by atoms with Crippen molar-refractivity contribution in [1.29, 1.82) is 0 Å². The molecule has 0 saturated heterocycles. The Balaban J connectivity index is 1.73. The molecule has 1 N–H and O–H groups in total. The van der Waals surface area contributed by atoms with Crippen LogP contribution in [0.15, 0.2) is 78.9 Å². The van der Waals surface area contributed by atoms with E-state index >= 15 is 0 Å². The van der Waals surface area contributed by atoms with E-state index in [-0.39, 0.29) is 5.91 Å². The Morgan fingerprint density at radius 3 is 2.24 bits per heavy atom. The Morgan fingerprint density at radius 2 is 1.59 bits per heavy atom. The Kier molecular flexibility index (Phi) is 5.74. The van der Waals surface area contributed by atoms with Crippen LogP contribution >= 0.6 is 22.9 Å². The van der Waals surface area contributed by atoms with Gasteiger partial charge in [0.1, 0.15) is 0 Å². The maximum Gasteiger partial charge on any atom is 0.257 e. The van der Waals surface area contributed by atoms with Crippen molar-refractivity contribution in [3.05, 3.63) is 95.0 Å². The number of aryl methyl sites for hydroxylation is 1. The van der Waals surface area contributed by atoms with E-state index in [9.17, 15) is 4.79 Å². The molecule has 1 aromatic heterocycles. The second-order valence-electron chi connectivity index (χ2n) is 6.57.